The molecule has 1 aromatic heterocycles. The molecule has 0 atom stereocenters. The highest BCUT2D eigenvalue weighted by atomic mass is 35.5. The van der Waals surface area contributed by atoms with Crippen molar-refractivity contribution in [3.05, 3.63) is 55.8 Å². The zero-order valence-electron chi connectivity index (χ0n) is 13.2. The van der Waals surface area contributed by atoms with Crippen LogP contribution in [0.4, 0.5) is 0 Å². The summed E-state index contributed by atoms with van der Waals surface area (Å²) in [7, 11) is 1.52. The van der Waals surface area contributed by atoms with E-state index in [1.165, 1.54) is 18.4 Å². The second kappa shape index (κ2) is 7.46. The average Bonchev–Trinajstić information content (AvgIpc) is 3.18. The molecule has 0 bridgehead atoms. The number of nitrogens with one attached hydrogen (secondary N) is 1. The summed E-state index contributed by atoms with van der Waals surface area (Å²) < 4.78 is 7.21. The number of hydrogen-bond acceptors (Lipinski definition) is 5. The highest BCUT2D eigenvalue weighted by Crippen LogP contribution is 2.23. The van der Waals surface area contributed by atoms with Crippen molar-refractivity contribution >= 4 is 40.6 Å². The van der Waals surface area contributed by atoms with Gasteiger partial charge in [0.25, 0.3) is 5.91 Å². The molecule has 5 nitrogen and oxygen atoms in total. The third-order valence-electron chi connectivity index (χ3n) is 3.37. The molecule has 0 saturated heterocycles. The van der Waals surface area contributed by atoms with Crippen LogP contribution in [-0.2, 0) is 6.54 Å². The lowest BCUT2D eigenvalue weighted by Gasteiger charge is -2.06. The minimum Gasteiger partial charge on any atom is -0.496 e. The lowest BCUT2D eigenvalue weighted by atomic mass is 10.2. The molecule has 24 heavy (non-hydrogen) atoms. The third kappa shape index (κ3) is 3.85. The van der Waals surface area contributed by atoms with E-state index < -0.39 is 0 Å². The fraction of sp³-hybridized carbons (Fsp3) is 0.250. The Morgan fingerprint density at radius 3 is 3.04 bits per heavy atom. The smallest absolute Gasteiger partial charge is 0.283 e. The summed E-state index contributed by atoms with van der Waals surface area (Å²) in [6.07, 6.45) is 2.00. The summed E-state index contributed by atoms with van der Waals surface area (Å²) in [6.45, 7) is 2.66. The van der Waals surface area contributed by atoms with Gasteiger partial charge < -0.3 is 14.6 Å². The predicted octanol–water partition coefficient (Wildman–Crippen LogP) is 3.40. The number of aromatic nitrogens is 1. The van der Waals surface area contributed by atoms with Gasteiger partial charge in [0.05, 0.1) is 25.1 Å². The first kappa shape index (κ1) is 17.1. The Hall–Kier alpha value is -1.70. The molecule has 0 spiro atoms. The molecule has 1 aromatic carbocycles. The van der Waals surface area contributed by atoms with Crippen LogP contribution in [0.1, 0.15) is 15.2 Å². The first-order chi connectivity index (χ1) is 11.6. The van der Waals surface area contributed by atoms with Crippen molar-refractivity contribution in [3.8, 4) is 5.75 Å². The second-order valence-electron chi connectivity index (χ2n) is 5.14. The van der Waals surface area contributed by atoms with E-state index >= 15 is 0 Å². The molecule has 0 saturated carbocycles. The fourth-order valence-corrected chi connectivity index (χ4v) is 4.01. The maximum Gasteiger partial charge on any atom is 0.283 e. The number of halogens is 1. The molecule has 1 aliphatic heterocycles. The maximum atomic E-state index is 12.6. The Balaban J connectivity index is 1.96. The summed E-state index contributed by atoms with van der Waals surface area (Å²) in [5.41, 5.74) is 1.48. The number of thioether (sulfide) groups is 1. The van der Waals surface area contributed by atoms with Gasteiger partial charge in [0, 0.05) is 21.8 Å². The predicted molar refractivity (Wildman–Crippen MR) is 98.6 cm³/mol. The quantitative estimate of drug-likeness (QED) is 0.881. The topological polar surface area (TPSA) is 55.6 Å². The number of aryl methyl sites for hydroxylation is 1. The molecular formula is C16H16ClN3O2S2. The van der Waals surface area contributed by atoms with Crippen LogP contribution >= 0.6 is 34.7 Å². The summed E-state index contributed by atoms with van der Waals surface area (Å²) in [5.74, 6) is 0.974. The van der Waals surface area contributed by atoms with E-state index in [-0.39, 0.29) is 5.91 Å². The molecule has 1 aliphatic rings. The first-order valence-electron chi connectivity index (χ1n) is 7.21. The SMILES string of the molecule is COc1ccc(Cl)cc1C(=O)/N=c1\sc(C)cn1CC1=CSCN1. The number of nitrogens with zero attached hydrogens (tertiary/aromatic N) is 2. The monoisotopic (exact) mass is 381 g/mol. The molecule has 3 rings (SSSR count). The lowest BCUT2D eigenvalue weighted by molar-refractivity contribution is 0.0995. The van der Waals surface area contributed by atoms with Gasteiger partial charge in [-0.05, 0) is 30.5 Å². The van der Waals surface area contributed by atoms with Crippen LogP contribution < -0.4 is 14.9 Å². The van der Waals surface area contributed by atoms with E-state index in [1.807, 2.05) is 17.7 Å². The number of amides is 1. The molecule has 8 heteroatoms. The van der Waals surface area contributed by atoms with Gasteiger partial charge >= 0.3 is 0 Å². The Labute approximate surface area is 153 Å². The molecular weight excluding hydrogens is 366 g/mol. The zero-order chi connectivity index (χ0) is 17.1. The molecule has 0 unspecified atom stereocenters. The van der Waals surface area contributed by atoms with Crippen LogP contribution in [0.2, 0.25) is 5.02 Å². The molecule has 126 valence electrons. The molecule has 2 aromatic rings. The number of allylic oxidation sites excluding steroid dienone is 1. The van der Waals surface area contributed by atoms with Crippen LogP contribution in [0.15, 0.2) is 40.5 Å². The van der Waals surface area contributed by atoms with Crippen molar-refractivity contribution < 1.29 is 9.53 Å². The molecule has 0 aliphatic carbocycles. The molecule has 1 N–H and O–H groups in total. The maximum absolute atomic E-state index is 12.6. The number of carbonyl (C=O) groups excluding carboxylic acids is 1. The number of carbonyl (C=O) groups is 1. The van der Waals surface area contributed by atoms with E-state index in [1.54, 1.807) is 30.0 Å². The molecule has 2 heterocycles. The van der Waals surface area contributed by atoms with E-state index in [9.17, 15) is 4.79 Å². The van der Waals surface area contributed by atoms with E-state index in [2.05, 4.69) is 15.7 Å². The van der Waals surface area contributed by atoms with Crippen molar-refractivity contribution in [2.24, 2.45) is 4.99 Å². The van der Waals surface area contributed by atoms with Crippen LogP contribution in [0, 0.1) is 6.92 Å². The summed E-state index contributed by atoms with van der Waals surface area (Å²) in [6, 6.07) is 4.93. The van der Waals surface area contributed by atoms with Crippen molar-refractivity contribution in [3.63, 3.8) is 0 Å². The summed E-state index contributed by atoms with van der Waals surface area (Å²) >= 11 is 9.20. The number of benzene rings is 1. The fourth-order valence-electron chi connectivity index (χ4n) is 2.29. The van der Waals surface area contributed by atoms with Gasteiger partial charge in [-0.15, -0.1) is 23.1 Å². The third-order valence-corrected chi connectivity index (χ3v) is 5.31. The summed E-state index contributed by atoms with van der Waals surface area (Å²) in [4.78, 5) is 18.6. The Morgan fingerprint density at radius 1 is 1.50 bits per heavy atom. The minimum atomic E-state index is -0.368. The van der Waals surface area contributed by atoms with Gasteiger partial charge in [0.15, 0.2) is 4.80 Å². The van der Waals surface area contributed by atoms with E-state index in [0.29, 0.717) is 27.7 Å². The minimum absolute atomic E-state index is 0.358. The van der Waals surface area contributed by atoms with Gasteiger partial charge in [0.1, 0.15) is 5.75 Å². The average molecular weight is 382 g/mol. The van der Waals surface area contributed by atoms with Gasteiger partial charge in [-0.25, -0.2) is 0 Å². The van der Waals surface area contributed by atoms with Gasteiger partial charge in [-0.3, -0.25) is 4.79 Å². The normalized spacial score (nSPS) is 14.5. The number of ether oxygens (including phenoxy) is 1. The summed E-state index contributed by atoms with van der Waals surface area (Å²) in [5, 5.41) is 5.86. The highest BCUT2D eigenvalue weighted by molar-refractivity contribution is 8.02. The van der Waals surface area contributed by atoms with Crippen molar-refractivity contribution in [1.82, 2.24) is 9.88 Å². The lowest BCUT2D eigenvalue weighted by Crippen LogP contribution is -2.21. The zero-order valence-corrected chi connectivity index (χ0v) is 15.6. The van der Waals surface area contributed by atoms with Gasteiger partial charge in [-0.1, -0.05) is 11.6 Å². The van der Waals surface area contributed by atoms with Crippen LogP contribution in [0.25, 0.3) is 0 Å². The Morgan fingerprint density at radius 2 is 2.33 bits per heavy atom. The van der Waals surface area contributed by atoms with Gasteiger partial charge in [-0.2, -0.15) is 4.99 Å². The molecule has 0 fully saturated rings. The second-order valence-corrected chi connectivity index (χ2v) is 7.65. The van der Waals surface area contributed by atoms with Crippen molar-refractivity contribution in [2.45, 2.75) is 13.5 Å². The van der Waals surface area contributed by atoms with Crippen molar-refractivity contribution in [2.75, 3.05) is 13.0 Å². The highest BCUT2D eigenvalue weighted by Gasteiger charge is 2.14. The number of thiazole rings is 1. The Bertz CT molecular complexity index is 870. The van der Waals surface area contributed by atoms with Crippen LogP contribution in [0.5, 0.6) is 5.75 Å². The van der Waals surface area contributed by atoms with Crippen molar-refractivity contribution in [1.29, 1.82) is 0 Å². The van der Waals surface area contributed by atoms with Gasteiger partial charge in [0.2, 0.25) is 0 Å². The number of methoxy groups -OCH3 is 1. The Kier molecular flexibility index (Phi) is 5.33. The van der Waals surface area contributed by atoms with Crippen LogP contribution in [-0.4, -0.2) is 23.5 Å². The molecule has 0 radical (unpaired) electrons. The number of rotatable bonds is 4. The number of hydrogen-bond donors (Lipinski definition) is 1. The first-order valence-corrected chi connectivity index (χ1v) is 9.45. The largest absolute Gasteiger partial charge is 0.496 e. The molecule has 1 amide bonds. The van der Waals surface area contributed by atoms with E-state index in [0.717, 1.165) is 16.5 Å². The van der Waals surface area contributed by atoms with Crippen LogP contribution in [0.3, 0.4) is 0 Å². The van der Waals surface area contributed by atoms with E-state index in [4.69, 9.17) is 16.3 Å². The standard InChI is InChI=1S/C16H16ClN3O2S2/c1-10-6-20(7-12-8-23-9-18-12)16(24-10)19-15(21)13-5-11(17)3-4-14(13)22-2/h3-6,8,18H,7,9H2,1-2H3/b19-16-.